The zero-order chi connectivity index (χ0) is 20.0. The lowest BCUT2D eigenvalue weighted by molar-refractivity contribution is -0.149. The van der Waals surface area contributed by atoms with E-state index in [0.29, 0.717) is 12.5 Å². The first-order valence-electron chi connectivity index (χ1n) is 12.6. The monoisotopic (exact) mass is 390 g/mol. The van der Waals surface area contributed by atoms with Crippen molar-refractivity contribution in [2.75, 3.05) is 6.61 Å². The largest absolute Gasteiger partial charge is 0.465 e. The third-order valence-electron chi connectivity index (χ3n) is 7.18. The van der Waals surface area contributed by atoms with Crippen molar-refractivity contribution >= 4 is 5.97 Å². The molecule has 2 aliphatic rings. The Morgan fingerprint density at radius 3 is 2.11 bits per heavy atom. The fourth-order valence-electron chi connectivity index (χ4n) is 5.09. The molecule has 0 bridgehead atoms. The predicted octanol–water partition coefficient (Wildman–Crippen LogP) is 7.86. The Balaban J connectivity index is 1.52. The summed E-state index contributed by atoms with van der Waals surface area (Å²) in [7, 11) is 0. The molecule has 0 amide bonds. The van der Waals surface area contributed by atoms with Crippen molar-refractivity contribution in [3.05, 3.63) is 12.2 Å². The van der Waals surface area contributed by atoms with Crippen LogP contribution in [-0.2, 0) is 9.53 Å². The number of unbranched alkanes of at least 4 members (excludes halogenated alkanes) is 3. The molecule has 2 rings (SSSR count). The highest BCUT2D eigenvalue weighted by Crippen LogP contribution is 2.35. The van der Waals surface area contributed by atoms with Gasteiger partial charge in [0, 0.05) is 0 Å². The number of hydrogen-bond acceptors (Lipinski definition) is 2. The Morgan fingerprint density at radius 2 is 1.46 bits per heavy atom. The number of allylic oxidation sites excluding steroid dienone is 2. The fourth-order valence-corrected chi connectivity index (χ4v) is 5.09. The topological polar surface area (TPSA) is 26.3 Å². The van der Waals surface area contributed by atoms with E-state index in [0.717, 1.165) is 50.4 Å². The minimum Gasteiger partial charge on any atom is -0.465 e. The maximum atomic E-state index is 12.1. The average molecular weight is 391 g/mol. The van der Waals surface area contributed by atoms with Gasteiger partial charge in [-0.05, 0) is 62.7 Å². The van der Waals surface area contributed by atoms with Crippen molar-refractivity contribution in [2.45, 2.75) is 117 Å². The lowest BCUT2D eigenvalue weighted by atomic mass is 9.78. The summed E-state index contributed by atoms with van der Waals surface area (Å²) < 4.78 is 5.40. The smallest absolute Gasteiger partial charge is 0.308 e. The van der Waals surface area contributed by atoms with Gasteiger partial charge in [0.25, 0.3) is 0 Å². The normalized spacial score (nSPS) is 28.5. The van der Waals surface area contributed by atoms with Crippen LogP contribution in [0, 0.1) is 23.7 Å². The first kappa shape index (κ1) is 23.5. The van der Waals surface area contributed by atoms with E-state index in [4.69, 9.17) is 4.74 Å². The first-order valence-corrected chi connectivity index (χ1v) is 12.6. The fraction of sp³-hybridized carbons (Fsp3) is 0.885. The van der Waals surface area contributed by atoms with Crippen LogP contribution in [-0.4, -0.2) is 12.6 Å². The Hall–Kier alpha value is -0.790. The summed E-state index contributed by atoms with van der Waals surface area (Å²) in [5, 5.41) is 0. The Kier molecular flexibility index (Phi) is 11.9. The van der Waals surface area contributed by atoms with Gasteiger partial charge in [-0.3, -0.25) is 4.79 Å². The molecular formula is C26H46O2. The van der Waals surface area contributed by atoms with Crippen LogP contribution in [0.2, 0.25) is 0 Å². The van der Waals surface area contributed by atoms with E-state index in [2.05, 4.69) is 26.0 Å². The molecule has 0 aromatic carbocycles. The number of hydrogen-bond donors (Lipinski definition) is 0. The maximum Gasteiger partial charge on any atom is 0.308 e. The molecule has 0 unspecified atom stereocenters. The van der Waals surface area contributed by atoms with Gasteiger partial charge in [-0.1, -0.05) is 83.8 Å². The molecule has 0 aliphatic heterocycles. The third-order valence-corrected chi connectivity index (χ3v) is 7.18. The second-order valence-corrected chi connectivity index (χ2v) is 9.52. The quantitative estimate of drug-likeness (QED) is 0.192. The number of carbonyl (C=O) groups is 1. The van der Waals surface area contributed by atoms with Crippen LogP contribution in [0.4, 0.5) is 0 Å². The van der Waals surface area contributed by atoms with E-state index >= 15 is 0 Å². The highest BCUT2D eigenvalue weighted by atomic mass is 16.5. The summed E-state index contributed by atoms with van der Waals surface area (Å²) in [6.45, 7) is 5.04. The molecule has 2 heteroatoms. The van der Waals surface area contributed by atoms with Gasteiger partial charge in [-0.15, -0.1) is 0 Å². The molecule has 162 valence electrons. The standard InChI is InChI=1S/C26H46O2/c1-3-5-7-10-22-13-15-23(16-14-22)11-8-9-12-24-17-19-25(20-18-24)26(27)28-21-6-4-2/h9,12,22-25H,3-8,10-11,13-21H2,1-2H3/b12-9+. The summed E-state index contributed by atoms with van der Waals surface area (Å²) in [6, 6.07) is 0. The van der Waals surface area contributed by atoms with Gasteiger partial charge in [0.2, 0.25) is 0 Å². The van der Waals surface area contributed by atoms with Crippen molar-refractivity contribution in [1.29, 1.82) is 0 Å². The zero-order valence-electron chi connectivity index (χ0n) is 18.8. The predicted molar refractivity (Wildman–Crippen MR) is 119 cm³/mol. The zero-order valence-corrected chi connectivity index (χ0v) is 18.8. The summed E-state index contributed by atoms with van der Waals surface area (Å²) in [6.07, 6.45) is 25.6. The van der Waals surface area contributed by atoms with Crippen molar-refractivity contribution in [1.82, 2.24) is 0 Å². The van der Waals surface area contributed by atoms with Crippen LogP contribution in [0.25, 0.3) is 0 Å². The van der Waals surface area contributed by atoms with Crippen LogP contribution < -0.4 is 0 Å². The number of ether oxygens (including phenoxy) is 1. The molecule has 28 heavy (non-hydrogen) atoms. The van der Waals surface area contributed by atoms with Crippen LogP contribution in [0.1, 0.15) is 117 Å². The minimum atomic E-state index is 0.0566. The lowest BCUT2D eigenvalue weighted by Crippen LogP contribution is -2.23. The highest BCUT2D eigenvalue weighted by Gasteiger charge is 2.26. The molecule has 0 atom stereocenters. The van der Waals surface area contributed by atoms with Crippen LogP contribution >= 0.6 is 0 Å². The van der Waals surface area contributed by atoms with Crippen LogP contribution in [0.3, 0.4) is 0 Å². The van der Waals surface area contributed by atoms with Crippen molar-refractivity contribution in [2.24, 2.45) is 23.7 Å². The Morgan fingerprint density at radius 1 is 0.821 bits per heavy atom. The second kappa shape index (κ2) is 14.2. The van der Waals surface area contributed by atoms with E-state index in [-0.39, 0.29) is 11.9 Å². The van der Waals surface area contributed by atoms with E-state index in [9.17, 15) is 4.79 Å². The maximum absolute atomic E-state index is 12.1. The second-order valence-electron chi connectivity index (χ2n) is 9.52. The number of rotatable bonds is 12. The van der Waals surface area contributed by atoms with E-state index in [1.165, 1.54) is 64.2 Å². The molecule has 0 aromatic rings. The molecule has 0 N–H and O–H groups in total. The first-order chi connectivity index (χ1) is 13.7. The molecule has 0 spiro atoms. The van der Waals surface area contributed by atoms with Crippen molar-refractivity contribution in [3.63, 3.8) is 0 Å². The molecular weight excluding hydrogens is 344 g/mol. The van der Waals surface area contributed by atoms with E-state index < -0.39 is 0 Å². The highest BCUT2D eigenvalue weighted by molar-refractivity contribution is 5.72. The Labute approximate surface area is 174 Å². The van der Waals surface area contributed by atoms with Gasteiger partial charge in [0.1, 0.15) is 0 Å². The number of carbonyl (C=O) groups excluding carboxylic acids is 1. The van der Waals surface area contributed by atoms with Crippen molar-refractivity contribution in [3.8, 4) is 0 Å². The summed E-state index contributed by atoms with van der Waals surface area (Å²) in [5.74, 6) is 2.91. The van der Waals surface area contributed by atoms with Gasteiger partial charge in [-0.2, -0.15) is 0 Å². The SMILES string of the molecule is CCCCCC1CCC(CC/C=C/C2CCC(C(=O)OCCCC)CC2)CC1. The lowest BCUT2D eigenvalue weighted by Gasteiger charge is -2.28. The number of esters is 1. The molecule has 0 radical (unpaired) electrons. The third kappa shape index (κ3) is 9.14. The summed E-state index contributed by atoms with van der Waals surface area (Å²) >= 11 is 0. The van der Waals surface area contributed by atoms with E-state index in [1.807, 2.05) is 0 Å². The molecule has 2 saturated carbocycles. The molecule has 0 heterocycles. The molecule has 0 saturated heterocycles. The van der Waals surface area contributed by atoms with Crippen LogP contribution in [0.5, 0.6) is 0 Å². The van der Waals surface area contributed by atoms with Gasteiger partial charge >= 0.3 is 5.97 Å². The summed E-state index contributed by atoms with van der Waals surface area (Å²) in [4.78, 5) is 12.1. The van der Waals surface area contributed by atoms with Crippen LogP contribution in [0.15, 0.2) is 12.2 Å². The van der Waals surface area contributed by atoms with E-state index in [1.54, 1.807) is 0 Å². The Bertz CT molecular complexity index is 426. The molecule has 0 aromatic heterocycles. The van der Waals surface area contributed by atoms with Gasteiger partial charge in [0.15, 0.2) is 0 Å². The van der Waals surface area contributed by atoms with Gasteiger partial charge < -0.3 is 4.74 Å². The van der Waals surface area contributed by atoms with Gasteiger partial charge in [-0.25, -0.2) is 0 Å². The molecule has 2 nitrogen and oxygen atoms in total. The van der Waals surface area contributed by atoms with Gasteiger partial charge in [0.05, 0.1) is 12.5 Å². The molecule has 2 fully saturated rings. The minimum absolute atomic E-state index is 0.0566. The summed E-state index contributed by atoms with van der Waals surface area (Å²) in [5.41, 5.74) is 0. The average Bonchev–Trinajstić information content (AvgIpc) is 2.73. The van der Waals surface area contributed by atoms with Crippen molar-refractivity contribution < 1.29 is 9.53 Å². The molecule has 2 aliphatic carbocycles.